The van der Waals surface area contributed by atoms with Gasteiger partial charge in [0.2, 0.25) is 6.41 Å². The number of methoxy groups -OCH3 is 1. The van der Waals surface area contributed by atoms with Crippen LogP contribution in [0.5, 0.6) is 11.5 Å². The van der Waals surface area contributed by atoms with Crippen LogP contribution in [0.2, 0.25) is 0 Å². The van der Waals surface area contributed by atoms with Crippen molar-refractivity contribution in [3.8, 4) is 11.5 Å². The average molecular weight is 391 g/mol. The molecule has 2 aromatic carbocycles. The van der Waals surface area contributed by atoms with Gasteiger partial charge >= 0.3 is 0 Å². The van der Waals surface area contributed by atoms with Gasteiger partial charge in [0.05, 0.1) is 18.9 Å². The first kappa shape index (κ1) is 25.4. The van der Waals surface area contributed by atoms with Crippen LogP contribution >= 0.6 is 0 Å². The Hall–Kier alpha value is -2.57. The summed E-state index contributed by atoms with van der Waals surface area (Å²) in [5.74, 6) is 0.882. The number of phenols is 1. The lowest BCUT2D eigenvalue weighted by Gasteiger charge is -2.10. The molecule has 2 unspecified atom stereocenters. The fourth-order valence-corrected chi connectivity index (χ4v) is 2.31. The van der Waals surface area contributed by atoms with Crippen molar-refractivity contribution in [2.24, 2.45) is 5.73 Å². The third-order valence-corrected chi connectivity index (χ3v) is 3.72. The van der Waals surface area contributed by atoms with Gasteiger partial charge < -0.3 is 26.0 Å². The van der Waals surface area contributed by atoms with Crippen molar-refractivity contribution in [3.05, 3.63) is 53.6 Å². The molecule has 6 heteroatoms. The predicted molar refractivity (Wildman–Crippen MR) is 115 cm³/mol. The Kier molecular flexibility index (Phi) is 13.2. The molecule has 2 rings (SSSR count). The summed E-state index contributed by atoms with van der Waals surface area (Å²) in [6.07, 6.45) is 1.43. The number of carbonyl (C=O) groups is 1. The number of benzene rings is 2. The van der Waals surface area contributed by atoms with Crippen LogP contribution in [0.25, 0.3) is 0 Å². The third-order valence-electron chi connectivity index (χ3n) is 3.72. The summed E-state index contributed by atoms with van der Waals surface area (Å²) in [5.41, 5.74) is 7.90. The minimum absolute atomic E-state index is 0.0100. The second-order valence-electron chi connectivity index (χ2n) is 5.99. The van der Waals surface area contributed by atoms with Crippen molar-refractivity contribution >= 4 is 12.1 Å². The molecule has 0 radical (unpaired) electrons. The largest absolute Gasteiger partial charge is 0.506 e. The van der Waals surface area contributed by atoms with Gasteiger partial charge in [-0.15, -0.1) is 0 Å². The molecule has 0 spiro atoms. The van der Waals surface area contributed by atoms with E-state index in [1.54, 1.807) is 19.2 Å². The van der Waals surface area contributed by atoms with E-state index in [2.05, 4.69) is 5.32 Å². The van der Waals surface area contributed by atoms with E-state index in [1.165, 1.54) is 11.6 Å². The first-order valence-electron chi connectivity index (χ1n) is 9.50. The Morgan fingerprint density at radius 1 is 1.18 bits per heavy atom. The number of hydrogen-bond donors (Lipinski definition) is 4. The summed E-state index contributed by atoms with van der Waals surface area (Å²) < 4.78 is 5.04. The number of anilines is 1. The van der Waals surface area contributed by atoms with E-state index < -0.39 is 6.10 Å². The Morgan fingerprint density at radius 2 is 1.79 bits per heavy atom. The van der Waals surface area contributed by atoms with Gasteiger partial charge in [-0.1, -0.05) is 39.0 Å². The number of phenolic OH excluding ortho intramolecular Hbond substituents is 1. The minimum atomic E-state index is -0.567. The van der Waals surface area contributed by atoms with Crippen molar-refractivity contribution in [2.45, 2.75) is 52.7 Å². The molecule has 0 bridgehead atoms. The van der Waals surface area contributed by atoms with Gasteiger partial charge in [-0.3, -0.25) is 4.79 Å². The maximum Gasteiger partial charge on any atom is 0.211 e. The molecule has 0 fully saturated rings. The minimum Gasteiger partial charge on any atom is -0.506 e. The van der Waals surface area contributed by atoms with Crippen molar-refractivity contribution in [1.29, 1.82) is 0 Å². The quantitative estimate of drug-likeness (QED) is 0.422. The van der Waals surface area contributed by atoms with Crippen LogP contribution < -0.4 is 15.8 Å². The van der Waals surface area contributed by atoms with Crippen LogP contribution in [0.15, 0.2) is 42.5 Å². The molecule has 2 atom stereocenters. The van der Waals surface area contributed by atoms with E-state index in [0.29, 0.717) is 24.1 Å². The van der Waals surface area contributed by atoms with Crippen LogP contribution in [0, 0.1) is 0 Å². The van der Waals surface area contributed by atoms with Crippen molar-refractivity contribution < 1.29 is 19.7 Å². The molecular weight excluding hydrogens is 356 g/mol. The van der Waals surface area contributed by atoms with Crippen molar-refractivity contribution in [2.75, 3.05) is 12.4 Å². The van der Waals surface area contributed by atoms with Crippen LogP contribution in [-0.2, 0) is 11.2 Å². The number of amides is 1. The fraction of sp³-hybridized carbons (Fsp3) is 0.409. The Bertz CT molecular complexity index is 673. The number of aliphatic hydroxyl groups is 1. The zero-order valence-electron chi connectivity index (χ0n) is 17.5. The smallest absolute Gasteiger partial charge is 0.211 e. The van der Waals surface area contributed by atoms with Crippen LogP contribution in [0.3, 0.4) is 0 Å². The van der Waals surface area contributed by atoms with Gasteiger partial charge in [0, 0.05) is 6.04 Å². The molecular formula is C22H34N2O4. The highest BCUT2D eigenvalue weighted by Gasteiger charge is 2.07. The van der Waals surface area contributed by atoms with Crippen LogP contribution in [-0.4, -0.2) is 29.8 Å². The first-order valence-corrected chi connectivity index (χ1v) is 9.50. The Balaban J connectivity index is 0.000000483. The van der Waals surface area contributed by atoms with Crippen molar-refractivity contribution in [1.82, 2.24) is 0 Å². The van der Waals surface area contributed by atoms with E-state index in [4.69, 9.17) is 10.5 Å². The lowest BCUT2D eigenvalue weighted by atomic mass is 10.1. The molecule has 0 aliphatic rings. The van der Waals surface area contributed by atoms with Gasteiger partial charge in [0.25, 0.3) is 0 Å². The number of carbonyl (C=O) groups excluding carboxylic acids is 1. The van der Waals surface area contributed by atoms with Gasteiger partial charge in [-0.2, -0.15) is 0 Å². The lowest BCUT2D eigenvalue weighted by molar-refractivity contribution is -0.105. The standard InChI is InChI=1S/C10H13NO3.C10H15NO.C2H6/c1-2-9(13)7-3-4-10(14)8(5-7)11-6-12;1-8(11)7-9-3-5-10(12-2)6-4-9;1-2/h3-6,9,13-14H,2H2,1H3,(H,11,12);3-6,8H,7,11H2,1-2H3;1-2H3. The second kappa shape index (κ2) is 14.5. The molecule has 0 aliphatic carbocycles. The number of aromatic hydroxyl groups is 1. The molecule has 0 saturated carbocycles. The van der Waals surface area contributed by atoms with E-state index in [1.807, 2.05) is 52.0 Å². The Labute approximate surface area is 168 Å². The fourth-order valence-electron chi connectivity index (χ4n) is 2.31. The maximum absolute atomic E-state index is 10.2. The highest BCUT2D eigenvalue weighted by molar-refractivity contribution is 5.75. The zero-order chi connectivity index (χ0) is 21.5. The molecule has 0 heterocycles. The lowest BCUT2D eigenvalue weighted by Crippen LogP contribution is -2.17. The van der Waals surface area contributed by atoms with Crippen LogP contribution in [0.4, 0.5) is 5.69 Å². The van der Waals surface area contributed by atoms with Crippen molar-refractivity contribution in [3.63, 3.8) is 0 Å². The predicted octanol–water partition coefficient (Wildman–Crippen LogP) is 4.02. The molecule has 0 saturated heterocycles. The number of aliphatic hydroxyl groups excluding tert-OH is 1. The first-order chi connectivity index (χ1) is 13.4. The molecule has 5 N–H and O–H groups in total. The molecule has 6 nitrogen and oxygen atoms in total. The van der Waals surface area contributed by atoms with Gasteiger partial charge in [-0.25, -0.2) is 0 Å². The monoisotopic (exact) mass is 390 g/mol. The maximum atomic E-state index is 10.2. The topological polar surface area (TPSA) is 105 Å². The molecule has 156 valence electrons. The zero-order valence-corrected chi connectivity index (χ0v) is 17.5. The summed E-state index contributed by atoms with van der Waals surface area (Å²) in [7, 11) is 1.67. The molecule has 2 aromatic rings. The summed E-state index contributed by atoms with van der Waals surface area (Å²) >= 11 is 0. The second-order valence-corrected chi connectivity index (χ2v) is 5.99. The van der Waals surface area contributed by atoms with E-state index in [-0.39, 0.29) is 11.8 Å². The summed E-state index contributed by atoms with van der Waals surface area (Å²) in [5, 5.41) is 21.2. The van der Waals surface area contributed by atoms with Gasteiger partial charge in [-0.05, 0) is 55.2 Å². The Morgan fingerprint density at radius 3 is 2.25 bits per heavy atom. The number of hydrogen-bond acceptors (Lipinski definition) is 5. The number of rotatable bonds is 7. The summed E-state index contributed by atoms with van der Waals surface area (Å²) in [6.45, 7) is 7.86. The van der Waals surface area contributed by atoms with E-state index in [0.717, 1.165) is 12.2 Å². The third kappa shape index (κ3) is 9.39. The molecule has 0 aromatic heterocycles. The van der Waals surface area contributed by atoms with E-state index in [9.17, 15) is 15.0 Å². The average Bonchev–Trinajstić information content (AvgIpc) is 2.71. The van der Waals surface area contributed by atoms with Crippen LogP contribution in [0.1, 0.15) is 51.3 Å². The van der Waals surface area contributed by atoms with Gasteiger partial charge in [0.15, 0.2) is 0 Å². The summed E-state index contributed by atoms with van der Waals surface area (Å²) in [6, 6.07) is 12.8. The highest BCUT2D eigenvalue weighted by Crippen LogP contribution is 2.27. The number of nitrogens with two attached hydrogens (primary N) is 1. The number of nitrogens with one attached hydrogen (secondary N) is 1. The van der Waals surface area contributed by atoms with Gasteiger partial charge in [0.1, 0.15) is 11.5 Å². The normalized spacial score (nSPS) is 11.7. The number of ether oxygens (including phenoxy) is 1. The summed E-state index contributed by atoms with van der Waals surface area (Å²) in [4.78, 5) is 10.2. The SMILES string of the molecule is CC.CCC(O)c1ccc(O)c(NC=O)c1.COc1ccc(CC(C)N)cc1. The molecule has 0 aliphatic heterocycles. The van der Waals surface area contributed by atoms with E-state index >= 15 is 0 Å². The highest BCUT2D eigenvalue weighted by atomic mass is 16.5. The molecule has 1 amide bonds. The molecule has 28 heavy (non-hydrogen) atoms.